The molecule has 0 fully saturated rings. The Kier molecular flexibility index (Phi) is 2.31. The highest BCUT2D eigenvalue weighted by molar-refractivity contribution is 6.27. The van der Waals surface area contributed by atoms with Crippen LogP contribution in [0.3, 0.4) is 0 Å². The van der Waals surface area contributed by atoms with Gasteiger partial charge in [0.15, 0.2) is 5.78 Å². The van der Waals surface area contributed by atoms with Gasteiger partial charge in [0.2, 0.25) is 0 Å². The molecular weight excluding hydrogens is 184 g/mol. The third-order valence-corrected chi connectivity index (χ3v) is 2.90. The zero-order valence-electron chi connectivity index (χ0n) is 9.29. The second-order valence-corrected chi connectivity index (χ2v) is 3.73. The SMILES string of the molecule is CC=C1/C(=C\C)C(=O)c2c(C)cccc21. The monoisotopic (exact) mass is 198 g/mol. The van der Waals surface area contributed by atoms with Gasteiger partial charge in [-0.15, -0.1) is 0 Å². The van der Waals surface area contributed by atoms with Crippen molar-refractivity contribution in [2.45, 2.75) is 20.8 Å². The zero-order chi connectivity index (χ0) is 11.0. The van der Waals surface area contributed by atoms with Crippen molar-refractivity contribution >= 4 is 11.4 Å². The Bertz CT molecular complexity index is 490. The van der Waals surface area contributed by atoms with Crippen LogP contribution in [0.15, 0.2) is 35.9 Å². The molecule has 1 aliphatic carbocycles. The lowest BCUT2D eigenvalue weighted by Gasteiger charge is -2.00. The van der Waals surface area contributed by atoms with E-state index in [4.69, 9.17) is 0 Å². The minimum absolute atomic E-state index is 0.165. The lowest BCUT2D eigenvalue weighted by atomic mass is 10.0. The topological polar surface area (TPSA) is 17.1 Å². The van der Waals surface area contributed by atoms with Gasteiger partial charge in [0.05, 0.1) is 0 Å². The Balaban J connectivity index is 2.79. The van der Waals surface area contributed by atoms with Crippen LogP contribution in [0.4, 0.5) is 0 Å². The molecule has 0 aromatic heterocycles. The summed E-state index contributed by atoms with van der Waals surface area (Å²) in [6.07, 6.45) is 3.91. The fourth-order valence-corrected chi connectivity index (χ4v) is 2.19. The van der Waals surface area contributed by atoms with Crippen molar-refractivity contribution < 1.29 is 4.79 Å². The van der Waals surface area contributed by atoms with E-state index >= 15 is 0 Å². The van der Waals surface area contributed by atoms with Crippen LogP contribution in [0.25, 0.3) is 5.57 Å². The highest BCUT2D eigenvalue weighted by Gasteiger charge is 2.29. The van der Waals surface area contributed by atoms with Crippen LogP contribution in [0.2, 0.25) is 0 Å². The molecule has 1 heteroatoms. The molecule has 0 bridgehead atoms. The largest absolute Gasteiger partial charge is 0.289 e. The van der Waals surface area contributed by atoms with Gasteiger partial charge in [0, 0.05) is 11.1 Å². The lowest BCUT2D eigenvalue weighted by Crippen LogP contribution is -1.97. The first-order chi connectivity index (χ1) is 7.20. The first-order valence-corrected chi connectivity index (χ1v) is 5.18. The number of hydrogen-bond acceptors (Lipinski definition) is 1. The number of carbonyl (C=O) groups is 1. The predicted octanol–water partition coefficient (Wildman–Crippen LogP) is 3.54. The van der Waals surface area contributed by atoms with E-state index in [1.165, 1.54) is 0 Å². The van der Waals surface area contributed by atoms with Crippen LogP contribution in [0.1, 0.15) is 35.3 Å². The maximum Gasteiger partial charge on any atom is 0.194 e. The Morgan fingerprint density at radius 1 is 1.07 bits per heavy atom. The molecule has 0 unspecified atom stereocenters. The summed E-state index contributed by atoms with van der Waals surface area (Å²) >= 11 is 0. The molecule has 0 N–H and O–H groups in total. The first-order valence-electron chi connectivity index (χ1n) is 5.18. The number of hydrogen-bond donors (Lipinski definition) is 0. The number of allylic oxidation sites excluding steroid dienone is 4. The molecule has 0 spiro atoms. The number of Topliss-reactive ketones (excluding diaryl/α,β-unsaturated/α-hetero) is 1. The molecule has 0 heterocycles. The molecule has 0 amide bonds. The van der Waals surface area contributed by atoms with Crippen molar-refractivity contribution in [1.82, 2.24) is 0 Å². The van der Waals surface area contributed by atoms with Crippen molar-refractivity contribution in [2.75, 3.05) is 0 Å². The number of fused-ring (bicyclic) bond motifs is 1. The summed E-state index contributed by atoms with van der Waals surface area (Å²) in [5.74, 6) is 0.165. The Morgan fingerprint density at radius 2 is 1.73 bits per heavy atom. The van der Waals surface area contributed by atoms with E-state index in [0.717, 1.165) is 27.8 Å². The average molecular weight is 198 g/mol. The summed E-state index contributed by atoms with van der Waals surface area (Å²) in [5, 5.41) is 0. The van der Waals surface area contributed by atoms with Gasteiger partial charge in [-0.1, -0.05) is 30.4 Å². The summed E-state index contributed by atoms with van der Waals surface area (Å²) in [6.45, 7) is 5.88. The predicted molar refractivity (Wildman–Crippen MR) is 62.9 cm³/mol. The van der Waals surface area contributed by atoms with Crippen molar-refractivity contribution in [3.63, 3.8) is 0 Å². The number of rotatable bonds is 0. The minimum Gasteiger partial charge on any atom is -0.289 e. The Hall–Kier alpha value is -1.63. The van der Waals surface area contributed by atoms with Gasteiger partial charge < -0.3 is 0 Å². The third kappa shape index (κ3) is 1.27. The van der Waals surface area contributed by atoms with E-state index in [1.54, 1.807) is 0 Å². The quantitative estimate of drug-likeness (QED) is 0.583. The lowest BCUT2D eigenvalue weighted by molar-refractivity contribution is 0.104. The molecule has 0 aliphatic heterocycles. The highest BCUT2D eigenvalue weighted by atomic mass is 16.1. The molecule has 2 rings (SSSR count). The fourth-order valence-electron chi connectivity index (χ4n) is 2.19. The van der Waals surface area contributed by atoms with Crippen molar-refractivity contribution in [2.24, 2.45) is 0 Å². The zero-order valence-corrected chi connectivity index (χ0v) is 9.29. The van der Waals surface area contributed by atoms with Gasteiger partial charge in [-0.3, -0.25) is 4.79 Å². The molecule has 0 atom stereocenters. The molecule has 0 saturated heterocycles. The van der Waals surface area contributed by atoms with Gasteiger partial charge in [-0.25, -0.2) is 0 Å². The van der Waals surface area contributed by atoms with Crippen molar-refractivity contribution in [3.05, 3.63) is 52.6 Å². The van der Waals surface area contributed by atoms with Crippen molar-refractivity contribution in [1.29, 1.82) is 0 Å². The standard InChI is InChI=1S/C14H14O/c1-4-10-11(5-2)14(15)13-9(3)7-6-8-12(10)13/h4-8H,1-3H3/b10-4?,11-5+. The van der Waals surface area contributed by atoms with E-state index in [0.29, 0.717) is 0 Å². The summed E-state index contributed by atoms with van der Waals surface area (Å²) in [5.41, 5.74) is 4.92. The van der Waals surface area contributed by atoms with E-state index in [9.17, 15) is 4.79 Å². The van der Waals surface area contributed by atoms with Crippen molar-refractivity contribution in [3.8, 4) is 0 Å². The summed E-state index contributed by atoms with van der Waals surface area (Å²) in [4.78, 5) is 12.1. The Labute approximate surface area is 90.1 Å². The molecule has 15 heavy (non-hydrogen) atoms. The fraction of sp³-hybridized carbons (Fsp3) is 0.214. The van der Waals surface area contributed by atoms with E-state index in [-0.39, 0.29) is 5.78 Å². The summed E-state index contributed by atoms with van der Waals surface area (Å²) in [7, 11) is 0. The minimum atomic E-state index is 0.165. The molecule has 1 aromatic carbocycles. The van der Waals surface area contributed by atoms with E-state index in [2.05, 4.69) is 0 Å². The average Bonchev–Trinajstić information content (AvgIpc) is 2.52. The van der Waals surface area contributed by atoms with Gasteiger partial charge in [0.1, 0.15) is 0 Å². The van der Waals surface area contributed by atoms with Crippen LogP contribution in [0, 0.1) is 6.92 Å². The maximum absolute atomic E-state index is 12.1. The maximum atomic E-state index is 12.1. The molecule has 76 valence electrons. The summed E-state index contributed by atoms with van der Waals surface area (Å²) in [6, 6.07) is 6.01. The molecule has 0 saturated carbocycles. The first kappa shape index (κ1) is 9.91. The van der Waals surface area contributed by atoms with E-state index in [1.807, 2.05) is 51.1 Å². The Morgan fingerprint density at radius 3 is 2.33 bits per heavy atom. The number of carbonyl (C=O) groups excluding carboxylic acids is 1. The van der Waals surface area contributed by atoms with E-state index < -0.39 is 0 Å². The number of aryl methyl sites for hydroxylation is 1. The van der Waals surface area contributed by atoms with Gasteiger partial charge >= 0.3 is 0 Å². The van der Waals surface area contributed by atoms with Crippen LogP contribution < -0.4 is 0 Å². The second-order valence-electron chi connectivity index (χ2n) is 3.73. The van der Waals surface area contributed by atoms with Crippen LogP contribution in [-0.4, -0.2) is 5.78 Å². The number of ketones is 1. The molecule has 1 aromatic rings. The van der Waals surface area contributed by atoms with Crippen LogP contribution in [-0.2, 0) is 0 Å². The molecule has 0 radical (unpaired) electrons. The van der Waals surface area contributed by atoms with Crippen LogP contribution in [0.5, 0.6) is 0 Å². The number of benzene rings is 1. The molecule has 1 nitrogen and oxygen atoms in total. The molecular formula is C14H14O. The summed E-state index contributed by atoms with van der Waals surface area (Å²) < 4.78 is 0. The normalized spacial score (nSPS) is 20.1. The van der Waals surface area contributed by atoms with Crippen LogP contribution >= 0.6 is 0 Å². The van der Waals surface area contributed by atoms with Gasteiger partial charge in [-0.05, 0) is 37.5 Å². The molecule has 1 aliphatic rings. The second kappa shape index (κ2) is 3.50. The smallest absolute Gasteiger partial charge is 0.194 e. The van der Waals surface area contributed by atoms with Gasteiger partial charge in [-0.2, -0.15) is 0 Å². The third-order valence-electron chi connectivity index (χ3n) is 2.90. The van der Waals surface area contributed by atoms with Gasteiger partial charge in [0.25, 0.3) is 0 Å². The highest BCUT2D eigenvalue weighted by Crippen LogP contribution is 2.37.